The summed E-state index contributed by atoms with van der Waals surface area (Å²) < 4.78 is 52.3. The molecule has 5 nitrogen and oxygen atoms in total. The van der Waals surface area contributed by atoms with Crippen molar-refractivity contribution in [2.45, 2.75) is 24.7 Å². The van der Waals surface area contributed by atoms with Crippen molar-refractivity contribution in [3.05, 3.63) is 59.7 Å². The molecule has 26 heavy (non-hydrogen) atoms. The smallest absolute Gasteiger partial charge is 0.242 e. The largest absolute Gasteiger partial charge is 0.324 e. The van der Waals surface area contributed by atoms with Crippen LogP contribution in [0.15, 0.2) is 47.4 Å². The number of carbonyl (C=O) groups is 1. The molecule has 0 fully saturated rings. The Balaban J connectivity index is 1.89. The van der Waals surface area contributed by atoms with E-state index in [1.807, 2.05) is 0 Å². The standard InChI is InChI=1S/C18H20F2N2O3S/c1-13-5-10-16(20)17(12-13)21-18(23)4-3-11-22(2)26(24,25)15-8-6-14(19)7-9-15/h5-10,12H,3-4,11H2,1-2H3,(H,21,23). The Morgan fingerprint density at radius 1 is 1.12 bits per heavy atom. The highest BCUT2D eigenvalue weighted by Gasteiger charge is 2.20. The molecule has 0 heterocycles. The van der Waals surface area contributed by atoms with Crippen molar-refractivity contribution < 1.29 is 22.0 Å². The monoisotopic (exact) mass is 382 g/mol. The van der Waals surface area contributed by atoms with Gasteiger partial charge in [0.1, 0.15) is 11.6 Å². The molecule has 0 bridgehead atoms. The Bertz CT molecular complexity index is 884. The normalized spacial score (nSPS) is 11.6. The van der Waals surface area contributed by atoms with Crippen molar-refractivity contribution in [1.29, 1.82) is 0 Å². The Morgan fingerprint density at radius 2 is 1.77 bits per heavy atom. The minimum atomic E-state index is -3.75. The second kappa shape index (κ2) is 8.37. The van der Waals surface area contributed by atoms with Crippen LogP contribution in [-0.4, -0.2) is 32.2 Å². The molecule has 0 saturated carbocycles. The van der Waals surface area contributed by atoms with Gasteiger partial charge < -0.3 is 5.32 Å². The molecule has 2 rings (SSSR count). The van der Waals surface area contributed by atoms with E-state index in [1.54, 1.807) is 13.0 Å². The molecule has 1 amide bonds. The number of anilines is 1. The van der Waals surface area contributed by atoms with Gasteiger partial charge in [-0.3, -0.25) is 4.79 Å². The molecule has 0 unspecified atom stereocenters. The van der Waals surface area contributed by atoms with E-state index in [2.05, 4.69) is 5.32 Å². The van der Waals surface area contributed by atoms with Crippen LogP contribution in [0.5, 0.6) is 0 Å². The zero-order chi connectivity index (χ0) is 19.3. The number of hydrogen-bond acceptors (Lipinski definition) is 3. The summed E-state index contributed by atoms with van der Waals surface area (Å²) in [6.07, 6.45) is 0.298. The third-order valence-corrected chi connectivity index (χ3v) is 5.67. The van der Waals surface area contributed by atoms with Gasteiger partial charge in [0.05, 0.1) is 10.6 Å². The Kier molecular flexibility index (Phi) is 6.44. The van der Waals surface area contributed by atoms with Crippen molar-refractivity contribution in [2.75, 3.05) is 18.9 Å². The molecule has 8 heteroatoms. The highest BCUT2D eigenvalue weighted by atomic mass is 32.2. The lowest BCUT2D eigenvalue weighted by Gasteiger charge is -2.17. The Labute approximate surface area is 151 Å². The summed E-state index contributed by atoms with van der Waals surface area (Å²) in [5, 5.41) is 2.48. The first-order chi connectivity index (χ1) is 12.2. The maximum atomic E-state index is 13.6. The van der Waals surface area contributed by atoms with Crippen LogP contribution in [-0.2, 0) is 14.8 Å². The number of carbonyl (C=O) groups excluding carboxylic acids is 1. The average Bonchev–Trinajstić information content (AvgIpc) is 2.58. The van der Waals surface area contributed by atoms with Crippen molar-refractivity contribution in [2.24, 2.45) is 0 Å². The number of nitrogens with one attached hydrogen (secondary N) is 1. The molecule has 0 atom stereocenters. The van der Waals surface area contributed by atoms with Crippen LogP contribution in [0, 0.1) is 18.6 Å². The number of aryl methyl sites for hydroxylation is 1. The van der Waals surface area contributed by atoms with Crippen molar-refractivity contribution in [1.82, 2.24) is 4.31 Å². The first-order valence-electron chi connectivity index (χ1n) is 7.98. The predicted molar refractivity (Wildman–Crippen MR) is 95.2 cm³/mol. The average molecular weight is 382 g/mol. The fraction of sp³-hybridized carbons (Fsp3) is 0.278. The lowest BCUT2D eigenvalue weighted by Crippen LogP contribution is -2.28. The van der Waals surface area contributed by atoms with E-state index in [0.717, 1.165) is 22.0 Å². The molecule has 2 aromatic rings. The van der Waals surface area contributed by atoms with E-state index < -0.39 is 27.6 Å². The summed E-state index contributed by atoms with van der Waals surface area (Å²) in [5.41, 5.74) is 0.911. The van der Waals surface area contributed by atoms with E-state index >= 15 is 0 Å². The zero-order valence-corrected chi connectivity index (χ0v) is 15.3. The van der Waals surface area contributed by atoms with Gasteiger partial charge in [0.15, 0.2) is 0 Å². The van der Waals surface area contributed by atoms with Crippen molar-refractivity contribution in [3.63, 3.8) is 0 Å². The number of benzene rings is 2. The summed E-state index contributed by atoms with van der Waals surface area (Å²) >= 11 is 0. The van der Waals surface area contributed by atoms with Gasteiger partial charge in [0, 0.05) is 20.0 Å². The van der Waals surface area contributed by atoms with E-state index in [-0.39, 0.29) is 30.0 Å². The van der Waals surface area contributed by atoms with Crippen molar-refractivity contribution in [3.8, 4) is 0 Å². The van der Waals surface area contributed by atoms with Gasteiger partial charge in [0.2, 0.25) is 15.9 Å². The summed E-state index contributed by atoms with van der Waals surface area (Å²) in [6, 6.07) is 8.92. The van der Waals surface area contributed by atoms with E-state index in [9.17, 15) is 22.0 Å². The Hall–Kier alpha value is -2.32. The van der Waals surface area contributed by atoms with E-state index in [4.69, 9.17) is 0 Å². The number of sulfonamides is 1. The molecule has 0 aliphatic rings. The van der Waals surface area contributed by atoms with Gasteiger partial charge in [-0.05, 0) is 55.3 Å². The molecule has 1 N–H and O–H groups in total. The second-order valence-electron chi connectivity index (χ2n) is 5.92. The first-order valence-corrected chi connectivity index (χ1v) is 9.42. The maximum Gasteiger partial charge on any atom is 0.242 e. The van der Waals surface area contributed by atoms with E-state index in [1.165, 1.54) is 31.3 Å². The van der Waals surface area contributed by atoms with Crippen LogP contribution >= 0.6 is 0 Å². The fourth-order valence-corrected chi connectivity index (χ4v) is 3.53. The number of hydrogen-bond donors (Lipinski definition) is 1. The minimum Gasteiger partial charge on any atom is -0.324 e. The first kappa shape index (κ1) is 20.0. The van der Waals surface area contributed by atoms with E-state index in [0.29, 0.717) is 0 Å². The van der Waals surface area contributed by atoms with Crippen LogP contribution < -0.4 is 5.32 Å². The molecule has 0 aliphatic carbocycles. The third kappa shape index (κ3) is 5.09. The summed E-state index contributed by atoms with van der Waals surface area (Å²) in [7, 11) is -2.36. The molecule has 0 radical (unpaired) electrons. The number of rotatable bonds is 7. The van der Waals surface area contributed by atoms with Crippen LogP contribution in [0.2, 0.25) is 0 Å². The summed E-state index contributed by atoms with van der Waals surface area (Å²) in [4.78, 5) is 11.9. The molecule has 2 aromatic carbocycles. The van der Waals surface area contributed by atoms with Crippen LogP contribution in [0.25, 0.3) is 0 Å². The number of nitrogens with zero attached hydrogens (tertiary/aromatic N) is 1. The summed E-state index contributed by atoms with van der Waals surface area (Å²) in [6.45, 7) is 1.88. The maximum absolute atomic E-state index is 13.6. The van der Waals surface area contributed by atoms with Crippen LogP contribution in [0.1, 0.15) is 18.4 Å². The minimum absolute atomic E-state index is 0.0207. The third-order valence-electron chi connectivity index (χ3n) is 3.79. The summed E-state index contributed by atoms with van der Waals surface area (Å²) in [5.74, 6) is -1.45. The van der Waals surface area contributed by atoms with Crippen molar-refractivity contribution >= 4 is 21.6 Å². The predicted octanol–water partition coefficient (Wildman–Crippen LogP) is 3.31. The van der Waals surface area contributed by atoms with Crippen LogP contribution in [0.4, 0.5) is 14.5 Å². The molecular weight excluding hydrogens is 362 g/mol. The fourth-order valence-electron chi connectivity index (χ4n) is 2.32. The van der Waals surface area contributed by atoms with Gasteiger partial charge in [-0.15, -0.1) is 0 Å². The number of halogens is 2. The highest BCUT2D eigenvalue weighted by molar-refractivity contribution is 7.89. The molecule has 0 saturated heterocycles. The second-order valence-corrected chi connectivity index (χ2v) is 7.96. The van der Waals surface area contributed by atoms with Gasteiger partial charge in [0.25, 0.3) is 0 Å². The molecule has 140 valence electrons. The molecule has 0 aromatic heterocycles. The highest BCUT2D eigenvalue weighted by Crippen LogP contribution is 2.17. The van der Waals surface area contributed by atoms with Gasteiger partial charge in [-0.25, -0.2) is 21.5 Å². The van der Waals surface area contributed by atoms with Gasteiger partial charge >= 0.3 is 0 Å². The lowest BCUT2D eigenvalue weighted by atomic mass is 10.2. The topological polar surface area (TPSA) is 66.5 Å². The Morgan fingerprint density at radius 3 is 2.42 bits per heavy atom. The molecular formula is C18H20F2N2O3S. The quantitative estimate of drug-likeness (QED) is 0.799. The SMILES string of the molecule is Cc1ccc(F)c(NC(=O)CCCN(C)S(=O)(=O)c2ccc(F)cc2)c1. The molecule has 0 aliphatic heterocycles. The lowest BCUT2D eigenvalue weighted by molar-refractivity contribution is -0.116. The number of amides is 1. The van der Waals surface area contributed by atoms with Gasteiger partial charge in [-0.1, -0.05) is 6.07 Å². The van der Waals surface area contributed by atoms with Crippen LogP contribution in [0.3, 0.4) is 0 Å². The van der Waals surface area contributed by atoms with Gasteiger partial charge in [-0.2, -0.15) is 0 Å². The zero-order valence-electron chi connectivity index (χ0n) is 14.5. The molecule has 0 spiro atoms.